The SMILES string of the molecule is CCCc1c(O)c(C(C)=O)cc(F)c1OCCCSc1ccc(C(O)C(C)(C)CC(=O)O)cc1. The second-order valence-electron chi connectivity index (χ2n) is 8.95. The number of benzene rings is 2. The van der Waals surface area contributed by atoms with Crippen LogP contribution >= 0.6 is 11.8 Å². The lowest BCUT2D eigenvalue weighted by Gasteiger charge is -2.29. The third-order valence-corrected chi connectivity index (χ3v) is 6.63. The second kappa shape index (κ2) is 12.2. The average molecular weight is 493 g/mol. The van der Waals surface area contributed by atoms with E-state index in [2.05, 4.69) is 0 Å². The van der Waals surface area contributed by atoms with Gasteiger partial charge >= 0.3 is 5.97 Å². The fourth-order valence-corrected chi connectivity index (χ4v) is 4.51. The summed E-state index contributed by atoms with van der Waals surface area (Å²) in [7, 11) is 0. The number of phenolic OH excluding ortho intramolecular Hbond substituents is 1. The van der Waals surface area contributed by atoms with Gasteiger partial charge in [0.1, 0.15) is 5.75 Å². The fraction of sp³-hybridized carbons (Fsp3) is 0.462. The summed E-state index contributed by atoms with van der Waals surface area (Å²) in [5.41, 5.74) is 0.150. The predicted molar refractivity (Wildman–Crippen MR) is 130 cm³/mol. The number of carboxylic acids is 1. The molecule has 3 N–H and O–H groups in total. The van der Waals surface area contributed by atoms with Crippen molar-refractivity contribution in [2.75, 3.05) is 12.4 Å². The van der Waals surface area contributed by atoms with E-state index in [9.17, 15) is 24.2 Å². The number of carbonyl (C=O) groups is 2. The second-order valence-corrected chi connectivity index (χ2v) is 10.1. The summed E-state index contributed by atoms with van der Waals surface area (Å²) in [5.74, 6) is -1.52. The Balaban J connectivity index is 1.93. The molecule has 8 heteroatoms. The molecule has 0 aromatic heterocycles. The highest BCUT2D eigenvalue weighted by Gasteiger charge is 2.31. The van der Waals surface area contributed by atoms with Gasteiger partial charge in [0.15, 0.2) is 17.3 Å². The van der Waals surface area contributed by atoms with Gasteiger partial charge in [-0.3, -0.25) is 9.59 Å². The maximum absolute atomic E-state index is 14.6. The van der Waals surface area contributed by atoms with E-state index in [1.807, 2.05) is 19.1 Å². The van der Waals surface area contributed by atoms with Gasteiger partial charge in [-0.1, -0.05) is 39.3 Å². The van der Waals surface area contributed by atoms with Crippen molar-refractivity contribution in [1.82, 2.24) is 0 Å². The summed E-state index contributed by atoms with van der Waals surface area (Å²) >= 11 is 1.58. The average Bonchev–Trinajstić information content (AvgIpc) is 2.76. The number of rotatable bonds is 13. The standard InChI is InChI=1S/C26H33FO6S/c1-5-7-19-23(31)20(16(2)28)14-21(27)24(19)33-12-6-13-34-18-10-8-17(9-11-18)25(32)26(3,4)15-22(29)30/h8-11,14,25,31-32H,5-7,12-13,15H2,1-4H3,(H,29,30). The minimum Gasteiger partial charge on any atom is -0.507 e. The van der Waals surface area contributed by atoms with Crippen molar-refractivity contribution in [3.8, 4) is 11.5 Å². The highest BCUT2D eigenvalue weighted by atomic mass is 32.2. The van der Waals surface area contributed by atoms with Gasteiger partial charge in [0.2, 0.25) is 0 Å². The highest BCUT2D eigenvalue weighted by molar-refractivity contribution is 7.99. The summed E-state index contributed by atoms with van der Waals surface area (Å²) in [6.07, 6.45) is 0.657. The van der Waals surface area contributed by atoms with E-state index in [0.29, 0.717) is 36.1 Å². The molecule has 0 heterocycles. The first-order chi connectivity index (χ1) is 16.0. The molecule has 0 saturated carbocycles. The topological polar surface area (TPSA) is 104 Å². The van der Waals surface area contributed by atoms with Gasteiger partial charge in [0.25, 0.3) is 0 Å². The number of ether oxygens (including phenoxy) is 1. The number of aromatic hydroxyl groups is 1. The van der Waals surface area contributed by atoms with Gasteiger partial charge in [0, 0.05) is 21.6 Å². The number of hydrogen-bond donors (Lipinski definition) is 3. The monoisotopic (exact) mass is 492 g/mol. The Morgan fingerprint density at radius 2 is 1.85 bits per heavy atom. The van der Waals surface area contributed by atoms with Crippen LogP contribution < -0.4 is 4.74 Å². The Bertz CT molecular complexity index is 1000. The minimum atomic E-state index is -0.954. The van der Waals surface area contributed by atoms with E-state index in [-0.39, 0.29) is 30.1 Å². The van der Waals surface area contributed by atoms with Crippen LogP contribution in [0, 0.1) is 11.2 Å². The summed E-state index contributed by atoms with van der Waals surface area (Å²) < 4.78 is 20.2. The number of aliphatic hydroxyl groups is 1. The molecule has 0 radical (unpaired) electrons. The van der Waals surface area contributed by atoms with Crippen molar-refractivity contribution in [2.24, 2.45) is 5.41 Å². The lowest BCUT2D eigenvalue weighted by molar-refractivity contribution is -0.141. The molecule has 0 bridgehead atoms. The molecule has 0 saturated heterocycles. The van der Waals surface area contributed by atoms with Crippen molar-refractivity contribution in [3.63, 3.8) is 0 Å². The van der Waals surface area contributed by atoms with Crippen LogP contribution in [0.4, 0.5) is 4.39 Å². The number of aliphatic carboxylic acids is 1. The van der Waals surface area contributed by atoms with E-state index >= 15 is 0 Å². The van der Waals surface area contributed by atoms with Crippen molar-refractivity contribution in [2.45, 2.75) is 64.4 Å². The van der Waals surface area contributed by atoms with Crippen LogP contribution in [0.2, 0.25) is 0 Å². The first-order valence-corrected chi connectivity index (χ1v) is 12.3. The molecule has 0 amide bonds. The molecule has 6 nitrogen and oxygen atoms in total. The predicted octanol–water partition coefficient (Wildman–Crippen LogP) is 5.78. The number of phenols is 1. The molecular weight excluding hydrogens is 459 g/mol. The van der Waals surface area contributed by atoms with Crippen LogP contribution in [0.5, 0.6) is 11.5 Å². The molecule has 2 aromatic carbocycles. The lowest BCUT2D eigenvalue weighted by Crippen LogP contribution is -2.25. The van der Waals surface area contributed by atoms with Crippen molar-refractivity contribution in [3.05, 3.63) is 52.8 Å². The Hall–Kier alpha value is -2.58. The first kappa shape index (κ1) is 27.7. The van der Waals surface area contributed by atoms with Gasteiger partial charge in [-0.2, -0.15) is 0 Å². The van der Waals surface area contributed by atoms with Gasteiger partial charge < -0.3 is 20.1 Å². The van der Waals surface area contributed by atoms with Gasteiger partial charge in [-0.15, -0.1) is 11.8 Å². The van der Waals surface area contributed by atoms with E-state index in [1.54, 1.807) is 37.7 Å². The molecule has 0 aliphatic heterocycles. The summed E-state index contributed by atoms with van der Waals surface area (Å²) in [6.45, 7) is 6.87. The number of aliphatic hydroxyl groups excluding tert-OH is 1. The third kappa shape index (κ3) is 7.21. The van der Waals surface area contributed by atoms with Crippen molar-refractivity contribution >= 4 is 23.5 Å². The highest BCUT2D eigenvalue weighted by Crippen LogP contribution is 2.37. The summed E-state index contributed by atoms with van der Waals surface area (Å²) in [6, 6.07) is 8.35. The molecule has 0 fully saturated rings. The normalized spacial score (nSPS) is 12.4. The summed E-state index contributed by atoms with van der Waals surface area (Å²) in [4.78, 5) is 23.7. The molecule has 34 heavy (non-hydrogen) atoms. The lowest BCUT2D eigenvalue weighted by atomic mass is 9.80. The zero-order valence-electron chi connectivity index (χ0n) is 20.1. The largest absolute Gasteiger partial charge is 0.507 e. The number of carbonyl (C=O) groups excluding carboxylic acids is 1. The van der Waals surface area contributed by atoms with Crippen LogP contribution in [0.25, 0.3) is 0 Å². The van der Waals surface area contributed by atoms with E-state index in [4.69, 9.17) is 9.84 Å². The maximum Gasteiger partial charge on any atom is 0.303 e. The van der Waals surface area contributed by atoms with Crippen molar-refractivity contribution < 1.29 is 34.0 Å². The molecule has 0 spiro atoms. The van der Waals surface area contributed by atoms with Gasteiger partial charge in [-0.05, 0) is 43.5 Å². The van der Waals surface area contributed by atoms with Gasteiger partial charge in [-0.25, -0.2) is 4.39 Å². The van der Waals surface area contributed by atoms with E-state index in [0.717, 1.165) is 11.0 Å². The molecule has 1 atom stereocenters. The molecule has 0 aliphatic carbocycles. The number of carboxylic acid groups (broad SMARTS) is 1. The van der Waals surface area contributed by atoms with Crippen LogP contribution in [0.1, 0.15) is 74.5 Å². The Kier molecular flexibility index (Phi) is 9.94. The molecular formula is C26H33FO6S. The zero-order chi connectivity index (χ0) is 25.5. The molecule has 0 aliphatic rings. The molecule has 2 rings (SSSR count). The molecule has 186 valence electrons. The Morgan fingerprint density at radius 3 is 2.41 bits per heavy atom. The molecule has 2 aromatic rings. The number of hydrogen-bond acceptors (Lipinski definition) is 6. The van der Waals surface area contributed by atoms with Crippen LogP contribution in [0.15, 0.2) is 35.2 Å². The fourth-order valence-electron chi connectivity index (χ4n) is 3.69. The van der Waals surface area contributed by atoms with Crippen molar-refractivity contribution in [1.29, 1.82) is 0 Å². The number of thioether (sulfide) groups is 1. The molecule has 1 unspecified atom stereocenters. The minimum absolute atomic E-state index is 0.00309. The van der Waals surface area contributed by atoms with Crippen LogP contribution in [0.3, 0.4) is 0 Å². The van der Waals surface area contributed by atoms with E-state index in [1.165, 1.54) is 6.92 Å². The zero-order valence-corrected chi connectivity index (χ0v) is 20.9. The first-order valence-electron chi connectivity index (χ1n) is 11.3. The van der Waals surface area contributed by atoms with Gasteiger partial charge in [0.05, 0.1) is 24.7 Å². The van der Waals surface area contributed by atoms with Crippen LogP contribution in [-0.2, 0) is 11.2 Å². The number of ketones is 1. The smallest absolute Gasteiger partial charge is 0.303 e. The third-order valence-electron chi connectivity index (χ3n) is 5.53. The summed E-state index contributed by atoms with van der Waals surface area (Å²) in [5, 5.41) is 30.0. The van der Waals surface area contributed by atoms with E-state index < -0.39 is 29.1 Å². The number of Topliss-reactive ketones (excluding diaryl/α,β-unsaturated/α-hetero) is 1. The maximum atomic E-state index is 14.6. The Morgan fingerprint density at radius 1 is 1.21 bits per heavy atom. The number of halogens is 1. The van der Waals surface area contributed by atoms with Crippen LogP contribution in [-0.4, -0.2) is 39.4 Å². The quantitative estimate of drug-likeness (QED) is 0.185. The Labute approximate surface area is 204 Å².